The highest BCUT2D eigenvalue weighted by Gasteiger charge is 2.08. The highest BCUT2D eigenvalue weighted by atomic mass is 19.1. The lowest BCUT2D eigenvalue weighted by Gasteiger charge is -2.18. The highest BCUT2D eigenvalue weighted by Crippen LogP contribution is 2.12. The second-order valence-corrected chi connectivity index (χ2v) is 6.96. The Hall–Kier alpha value is -3.35. The van der Waals surface area contributed by atoms with E-state index in [0.29, 0.717) is 24.8 Å². The Balaban J connectivity index is 1.44. The van der Waals surface area contributed by atoms with E-state index in [0.717, 1.165) is 18.8 Å². The number of benzene rings is 2. The van der Waals surface area contributed by atoms with Gasteiger partial charge in [0.05, 0.1) is 13.1 Å². The summed E-state index contributed by atoms with van der Waals surface area (Å²) in [5.74, 6) is 1.97. The Morgan fingerprint density at radius 1 is 1.13 bits per heavy atom. The zero-order valence-corrected chi connectivity index (χ0v) is 17.4. The van der Waals surface area contributed by atoms with Crippen LogP contribution >= 0.6 is 0 Å². The molecule has 3 rings (SSSR count). The molecule has 30 heavy (non-hydrogen) atoms. The first kappa shape index (κ1) is 21.4. The minimum atomic E-state index is -0.278. The van der Waals surface area contributed by atoms with Gasteiger partial charge in [0, 0.05) is 26.0 Å². The normalized spacial score (nSPS) is 12.4. The molecule has 2 aromatic carbocycles. The SMILES string of the molecule is CN=C(NCc1nccn1CCc1ccccc1)NCC(C)Oc1ccc(F)cc1. The molecule has 6 nitrogen and oxygen atoms in total. The Morgan fingerprint density at radius 2 is 1.90 bits per heavy atom. The Labute approximate surface area is 176 Å². The molecule has 3 aromatic rings. The summed E-state index contributed by atoms with van der Waals surface area (Å²) in [6.07, 6.45) is 4.66. The van der Waals surface area contributed by atoms with Crippen LogP contribution in [0, 0.1) is 5.82 Å². The number of aryl methyl sites for hydroxylation is 2. The van der Waals surface area contributed by atoms with Crippen molar-refractivity contribution in [2.75, 3.05) is 13.6 Å². The second kappa shape index (κ2) is 11.0. The molecule has 0 saturated heterocycles. The van der Waals surface area contributed by atoms with E-state index in [1.54, 1.807) is 19.2 Å². The van der Waals surface area contributed by atoms with Crippen LogP contribution in [0.1, 0.15) is 18.3 Å². The minimum Gasteiger partial charge on any atom is -0.489 e. The molecular formula is C23H28FN5O. The predicted octanol–water partition coefficient (Wildman–Crippen LogP) is 3.40. The van der Waals surface area contributed by atoms with Crippen LogP contribution < -0.4 is 15.4 Å². The number of rotatable bonds is 9. The van der Waals surface area contributed by atoms with Crippen LogP contribution in [-0.4, -0.2) is 35.2 Å². The van der Waals surface area contributed by atoms with Gasteiger partial charge in [0.2, 0.25) is 0 Å². The molecule has 158 valence electrons. The third-order valence-corrected chi connectivity index (χ3v) is 4.63. The average molecular weight is 410 g/mol. The Bertz CT molecular complexity index is 924. The number of aliphatic imine (C=N–C) groups is 1. The summed E-state index contributed by atoms with van der Waals surface area (Å²) in [7, 11) is 1.72. The van der Waals surface area contributed by atoms with Gasteiger partial charge in [-0.1, -0.05) is 30.3 Å². The molecule has 0 spiro atoms. The molecule has 1 unspecified atom stereocenters. The first-order valence-electron chi connectivity index (χ1n) is 10.0. The standard InChI is InChI=1S/C23H28FN5O/c1-18(30-21-10-8-20(24)9-11-21)16-27-23(25-2)28-17-22-26-13-15-29(22)14-12-19-6-4-3-5-7-19/h3-11,13,15,18H,12,14,16-17H2,1-2H3,(H2,25,27,28). The van der Waals surface area contributed by atoms with Crippen molar-refractivity contribution in [1.29, 1.82) is 0 Å². The van der Waals surface area contributed by atoms with Gasteiger partial charge in [0.25, 0.3) is 0 Å². The number of nitrogens with zero attached hydrogens (tertiary/aromatic N) is 3. The highest BCUT2D eigenvalue weighted by molar-refractivity contribution is 5.79. The van der Waals surface area contributed by atoms with Gasteiger partial charge < -0.3 is 19.9 Å². The molecule has 0 fully saturated rings. The van der Waals surface area contributed by atoms with Gasteiger partial charge in [-0.3, -0.25) is 4.99 Å². The summed E-state index contributed by atoms with van der Waals surface area (Å²) in [5, 5.41) is 6.53. The van der Waals surface area contributed by atoms with E-state index >= 15 is 0 Å². The molecule has 0 aliphatic rings. The zero-order chi connectivity index (χ0) is 21.2. The lowest BCUT2D eigenvalue weighted by atomic mass is 10.1. The minimum absolute atomic E-state index is 0.109. The third kappa shape index (κ3) is 6.62. The number of ether oxygens (including phenoxy) is 1. The molecular weight excluding hydrogens is 381 g/mol. The Morgan fingerprint density at radius 3 is 2.63 bits per heavy atom. The Kier molecular flexibility index (Phi) is 7.83. The van der Waals surface area contributed by atoms with Crippen molar-refractivity contribution in [1.82, 2.24) is 20.2 Å². The molecule has 0 bridgehead atoms. The topological polar surface area (TPSA) is 63.5 Å². The molecule has 0 aliphatic carbocycles. The van der Waals surface area contributed by atoms with Crippen LogP contribution in [-0.2, 0) is 19.5 Å². The fourth-order valence-corrected chi connectivity index (χ4v) is 3.02. The van der Waals surface area contributed by atoms with Crippen molar-refractivity contribution in [3.8, 4) is 5.75 Å². The molecule has 0 saturated carbocycles. The van der Waals surface area contributed by atoms with Gasteiger partial charge in [-0.15, -0.1) is 0 Å². The predicted molar refractivity (Wildman–Crippen MR) is 117 cm³/mol. The molecule has 1 atom stereocenters. The molecule has 1 heterocycles. The van der Waals surface area contributed by atoms with Crippen molar-refractivity contribution >= 4 is 5.96 Å². The largest absolute Gasteiger partial charge is 0.489 e. The molecule has 0 amide bonds. The first-order valence-corrected chi connectivity index (χ1v) is 10.0. The van der Waals surface area contributed by atoms with E-state index in [4.69, 9.17) is 4.74 Å². The van der Waals surface area contributed by atoms with Crippen molar-refractivity contribution in [2.24, 2.45) is 4.99 Å². The van der Waals surface area contributed by atoms with Crippen LogP contribution in [0.3, 0.4) is 0 Å². The summed E-state index contributed by atoms with van der Waals surface area (Å²) in [4.78, 5) is 8.71. The van der Waals surface area contributed by atoms with Gasteiger partial charge >= 0.3 is 0 Å². The van der Waals surface area contributed by atoms with E-state index in [1.165, 1.54) is 17.7 Å². The van der Waals surface area contributed by atoms with Gasteiger partial charge in [0.15, 0.2) is 5.96 Å². The van der Waals surface area contributed by atoms with Crippen LogP contribution in [0.25, 0.3) is 0 Å². The first-order chi connectivity index (χ1) is 14.6. The van der Waals surface area contributed by atoms with Gasteiger partial charge in [0.1, 0.15) is 23.5 Å². The zero-order valence-electron chi connectivity index (χ0n) is 17.4. The summed E-state index contributed by atoms with van der Waals surface area (Å²) < 4.78 is 20.9. The van der Waals surface area contributed by atoms with E-state index in [1.807, 2.05) is 25.4 Å². The molecule has 0 aliphatic heterocycles. The summed E-state index contributed by atoms with van der Waals surface area (Å²) in [5.41, 5.74) is 1.30. The molecule has 1 aromatic heterocycles. The number of imidazole rings is 1. The van der Waals surface area contributed by atoms with Gasteiger partial charge in [-0.05, 0) is 43.2 Å². The molecule has 7 heteroatoms. The van der Waals surface area contributed by atoms with E-state index in [9.17, 15) is 4.39 Å². The third-order valence-electron chi connectivity index (χ3n) is 4.63. The van der Waals surface area contributed by atoms with E-state index < -0.39 is 0 Å². The summed E-state index contributed by atoms with van der Waals surface area (Å²) >= 11 is 0. The average Bonchev–Trinajstić information content (AvgIpc) is 3.22. The molecule has 2 N–H and O–H groups in total. The van der Waals surface area contributed by atoms with Crippen LogP contribution in [0.15, 0.2) is 72.0 Å². The van der Waals surface area contributed by atoms with Gasteiger partial charge in [-0.2, -0.15) is 0 Å². The van der Waals surface area contributed by atoms with Crippen molar-refractivity contribution in [2.45, 2.75) is 32.5 Å². The summed E-state index contributed by atoms with van der Waals surface area (Å²) in [6.45, 7) is 3.93. The van der Waals surface area contributed by atoms with Crippen LogP contribution in [0.5, 0.6) is 5.75 Å². The fourth-order valence-electron chi connectivity index (χ4n) is 3.02. The fraction of sp³-hybridized carbons (Fsp3) is 0.304. The number of hydrogen-bond donors (Lipinski definition) is 2. The lowest BCUT2D eigenvalue weighted by Crippen LogP contribution is -2.41. The molecule has 0 radical (unpaired) electrons. The smallest absolute Gasteiger partial charge is 0.191 e. The van der Waals surface area contributed by atoms with Crippen LogP contribution in [0.2, 0.25) is 0 Å². The van der Waals surface area contributed by atoms with Crippen molar-refractivity contribution < 1.29 is 9.13 Å². The number of halogens is 1. The maximum Gasteiger partial charge on any atom is 0.191 e. The van der Waals surface area contributed by atoms with E-state index in [2.05, 4.69) is 49.4 Å². The lowest BCUT2D eigenvalue weighted by molar-refractivity contribution is 0.223. The second-order valence-electron chi connectivity index (χ2n) is 6.96. The summed E-state index contributed by atoms with van der Waals surface area (Å²) in [6, 6.07) is 16.4. The number of nitrogens with one attached hydrogen (secondary N) is 2. The number of guanidine groups is 1. The number of aromatic nitrogens is 2. The van der Waals surface area contributed by atoms with Crippen molar-refractivity contribution in [3.63, 3.8) is 0 Å². The maximum absolute atomic E-state index is 13.0. The number of hydrogen-bond acceptors (Lipinski definition) is 3. The maximum atomic E-state index is 13.0. The van der Waals surface area contributed by atoms with E-state index in [-0.39, 0.29) is 11.9 Å². The van der Waals surface area contributed by atoms with Crippen LogP contribution in [0.4, 0.5) is 4.39 Å². The van der Waals surface area contributed by atoms with Crippen molar-refractivity contribution in [3.05, 3.63) is 84.2 Å². The quantitative estimate of drug-likeness (QED) is 0.420. The van der Waals surface area contributed by atoms with Gasteiger partial charge in [-0.25, -0.2) is 9.37 Å². The monoisotopic (exact) mass is 409 g/mol.